The number of hydrogen-bond donors (Lipinski definition) is 1. The number of likely N-dealkylation sites (N-methyl/N-ethyl adjacent to an activating group) is 1. The van der Waals surface area contributed by atoms with Crippen molar-refractivity contribution >= 4 is 5.91 Å². The Bertz CT molecular complexity index is 442. The number of hydrogen-bond acceptors (Lipinski definition) is 2. The lowest BCUT2D eigenvalue weighted by Gasteiger charge is -2.24. The van der Waals surface area contributed by atoms with Gasteiger partial charge in [-0.1, -0.05) is 18.2 Å². The molecule has 0 aromatic heterocycles. The fourth-order valence-corrected chi connectivity index (χ4v) is 2.06. The van der Waals surface area contributed by atoms with Crippen molar-refractivity contribution in [2.75, 3.05) is 13.6 Å². The van der Waals surface area contributed by atoms with Crippen molar-refractivity contribution in [3.63, 3.8) is 0 Å². The second-order valence-corrected chi connectivity index (χ2v) is 5.31. The molecule has 1 aromatic rings. The van der Waals surface area contributed by atoms with Gasteiger partial charge in [0.2, 0.25) is 5.91 Å². The fraction of sp³-hybridized carbons (Fsp3) is 0.562. The second kappa shape index (κ2) is 6.71. The van der Waals surface area contributed by atoms with Crippen LogP contribution in [0.3, 0.4) is 0 Å². The molecule has 0 saturated heterocycles. The van der Waals surface area contributed by atoms with Crippen LogP contribution >= 0.6 is 0 Å². The number of aryl methyl sites for hydroxylation is 2. The highest BCUT2D eigenvalue weighted by atomic mass is 16.2. The maximum absolute atomic E-state index is 12.0. The average molecular weight is 262 g/mol. The largest absolute Gasteiger partial charge is 0.345 e. The Labute approximate surface area is 117 Å². The summed E-state index contributed by atoms with van der Waals surface area (Å²) in [5.74, 6) is 0.137. The minimum Gasteiger partial charge on any atom is -0.345 e. The van der Waals surface area contributed by atoms with Gasteiger partial charge in [-0.15, -0.1) is 0 Å². The highest BCUT2D eigenvalue weighted by Gasteiger charge is 2.18. The van der Waals surface area contributed by atoms with Crippen molar-refractivity contribution in [2.45, 2.75) is 46.7 Å². The number of carbonyl (C=O) groups excluding carboxylic acids is 1. The number of rotatable bonds is 5. The topological polar surface area (TPSA) is 32.3 Å². The normalized spacial score (nSPS) is 14.0. The molecule has 1 N–H and O–H groups in total. The first-order valence-corrected chi connectivity index (χ1v) is 6.95. The van der Waals surface area contributed by atoms with Crippen LogP contribution < -0.4 is 5.32 Å². The van der Waals surface area contributed by atoms with Gasteiger partial charge < -0.3 is 4.90 Å². The Morgan fingerprint density at radius 3 is 2.42 bits per heavy atom. The molecule has 0 spiro atoms. The third-order valence-electron chi connectivity index (χ3n) is 3.75. The van der Waals surface area contributed by atoms with Gasteiger partial charge in [0.05, 0.1) is 6.04 Å². The van der Waals surface area contributed by atoms with E-state index in [0.717, 1.165) is 6.54 Å². The number of amides is 1. The molecule has 3 heteroatoms. The van der Waals surface area contributed by atoms with Gasteiger partial charge in [-0.3, -0.25) is 10.1 Å². The molecule has 0 aliphatic carbocycles. The van der Waals surface area contributed by atoms with Crippen LogP contribution in [0.5, 0.6) is 0 Å². The van der Waals surface area contributed by atoms with Gasteiger partial charge in [0.1, 0.15) is 0 Å². The number of benzene rings is 1. The quantitative estimate of drug-likeness (QED) is 0.885. The van der Waals surface area contributed by atoms with Crippen molar-refractivity contribution in [1.29, 1.82) is 0 Å². The molecule has 0 heterocycles. The van der Waals surface area contributed by atoms with Crippen LogP contribution in [-0.2, 0) is 4.79 Å². The molecular weight excluding hydrogens is 236 g/mol. The van der Waals surface area contributed by atoms with Crippen molar-refractivity contribution < 1.29 is 4.79 Å². The van der Waals surface area contributed by atoms with Crippen LogP contribution in [0.15, 0.2) is 18.2 Å². The predicted octanol–water partition coefficient (Wildman–Crippen LogP) is 2.82. The van der Waals surface area contributed by atoms with Gasteiger partial charge in [0, 0.05) is 19.6 Å². The zero-order chi connectivity index (χ0) is 14.6. The minimum atomic E-state index is -0.165. The van der Waals surface area contributed by atoms with E-state index < -0.39 is 0 Å². The molecule has 2 unspecified atom stereocenters. The van der Waals surface area contributed by atoms with E-state index in [1.165, 1.54) is 16.7 Å². The highest BCUT2D eigenvalue weighted by molar-refractivity contribution is 5.81. The van der Waals surface area contributed by atoms with Crippen molar-refractivity contribution in [3.05, 3.63) is 34.9 Å². The van der Waals surface area contributed by atoms with Crippen molar-refractivity contribution in [1.82, 2.24) is 10.2 Å². The van der Waals surface area contributed by atoms with E-state index in [-0.39, 0.29) is 18.0 Å². The Morgan fingerprint density at radius 2 is 1.89 bits per heavy atom. The number of carbonyl (C=O) groups is 1. The maximum atomic E-state index is 12.0. The van der Waals surface area contributed by atoms with E-state index in [1.54, 1.807) is 4.90 Å². The monoisotopic (exact) mass is 262 g/mol. The van der Waals surface area contributed by atoms with Crippen LogP contribution in [0.25, 0.3) is 0 Å². The standard InChI is InChI=1S/C16H26N2O/c1-7-18(6)16(19)14(5)17-13(4)15-9-8-11(2)12(3)10-15/h8-10,13-14,17H,7H2,1-6H3. The van der Waals surface area contributed by atoms with Gasteiger partial charge >= 0.3 is 0 Å². The molecule has 2 atom stereocenters. The lowest BCUT2D eigenvalue weighted by atomic mass is 10.0. The molecule has 19 heavy (non-hydrogen) atoms. The summed E-state index contributed by atoms with van der Waals surface area (Å²) in [5, 5.41) is 3.37. The lowest BCUT2D eigenvalue weighted by molar-refractivity contribution is -0.131. The third kappa shape index (κ3) is 4.06. The molecule has 0 aliphatic heterocycles. The van der Waals surface area contributed by atoms with Crippen LogP contribution in [0.4, 0.5) is 0 Å². The Kier molecular flexibility index (Phi) is 5.55. The molecule has 1 rings (SSSR count). The molecule has 1 aromatic carbocycles. The van der Waals surface area contributed by atoms with Gasteiger partial charge in [-0.2, -0.15) is 0 Å². The van der Waals surface area contributed by atoms with Gasteiger partial charge in [0.25, 0.3) is 0 Å². The van der Waals surface area contributed by atoms with Crippen LogP contribution in [0, 0.1) is 13.8 Å². The van der Waals surface area contributed by atoms with E-state index in [9.17, 15) is 4.79 Å². The van der Waals surface area contributed by atoms with Crippen LogP contribution in [-0.4, -0.2) is 30.4 Å². The van der Waals surface area contributed by atoms with E-state index in [1.807, 2.05) is 20.9 Å². The van der Waals surface area contributed by atoms with Crippen molar-refractivity contribution in [2.24, 2.45) is 0 Å². The summed E-state index contributed by atoms with van der Waals surface area (Å²) < 4.78 is 0. The summed E-state index contributed by atoms with van der Waals surface area (Å²) in [4.78, 5) is 13.8. The Morgan fingerprint density at radius 1 is 1.26 bits per heavy atom. The number of nitrogens with one attached hydrogen (secondary N) is 1. The summed E-state index contributed by atoms with van der Waals surface area (Å²) in [5.41, 5.74) is 3.81. The van der Waals surface area contributed by atoms with Gasteiger partial charge in [0.15, 0.2) is 0 Å². The molecule has 0 saturated carbocycles. The first-order chi connectivity index (χ1) is 8.86. The smallest absolute Gasteiger partial charge is 0.239 e. The predicted molar refractivity (Wildman–Crippen MR) is 80.2 cm³/mol. The average Bonchev–Trinajstić information content (AvgIpc) is 2.39. The van der Waals surface area contributed by atoms with Gasteiger partial charge in [-0.25, -0.2) is 0 Å². The molecule has 1 amide bonds. The summed E-state index contributed by atoms with van der Waals surface area (Å²) in [6.07, 6.45) is 0. The molecule has 0 radical (unpaired) electrons. The second-order valence-electron chi connectivity index (χ2n) is 5.31. The Balaban J connectivity index is 2.71. The van der Waals surface area contributed by atoms with Crippen LogP contribution in [0.1, 0.15) is 43.5 Å². The van der Waals surface area contributed by atoms with Gasteiger partial charge in [-0.05, 0) is 51.3 Å². The van der Waals surface area contributed by atoms with E-state index in [0.29, 0.717) is 0 Å². The summed E-state index contributed by atoms with van der Waals surface area (Å²) in [6, 6.07) is 6.45. The molecule has 3 nitrogen and oxygen atoms in total. The Hall–Kier alpha value is -1.35. The third-order valence-corrected chi connectivity index (χ3v) is 3.75. The maximum Gasteiger partial charge on any atom is 0.239 e. The summed E-state index contributed by atoms with van der Waals surface area (Å²) in [7, 11) is 1.83. The molecule has 0 fully saturated rings. The first kappa shape index (κ1) is 15.7. The molecule has 106 valence electrons. The minimum absolute atomic E-state index is 0.137. The van der Waals surface area contributed by atoms with E-state index >= 15 is 0 Å². The van der Waals surface area contributed by atoms with E-state index in [2.05, 4.69) is 44.3 Å². The first-order valence-electron chi connectivity index (χ1n) is 6.95. The van der Waals surface area contributed by atoms with Crippen LogP contribution in [0.2, 0.25) is 0 Å². The molecule has 0 bridgehead atoms. The summed E-state index contributed by atoms with van der Waals surface area (Å²) >= 11 is 0. The van der Waals surface area contributed by atoms with E-state index in [4.69, 9.17) is 0 Å². The summed E-state index contributed by atoms with van der Waals surface area (Å²) in [6.45, 7) is 11.0. The fourth-order valence-electron chi connectivity index (χ4n) is 2.06. The number of nitrogens with zero attached hydrogens (tertiary/aromatic N) is 1. The van der Waals surface area contributed by atoms with Crippen molar-refractivity contribution in [3.8, 4) is 0 Å². The molecular formula is C16H26N2O. The molecule has 0 aliphatic rings. The SMILES string of the molecule is CCN(C)C(=O)C(C)NC(C)c1ccc(C)c(C)c1. The zero-order valence-corrected chi connectivity index (χ0v) is 12.9. The lowest BCUT2D eigenvalue weighted by Crippen LogP contribution is -2.43. The highest BCUT2D eigenvalue weighted by Crippen LogP contribution is 2.17. The zero-order valence-electron chi connectivity index (χ0n) is 12.9.